The molecule has 0 saturated carbocycles. The number of piperidine rings is 1. The number of anilines is 1. The number of pyridine rings is 1. The molecule has 0 bridgehead atoms. The molecule has 112 valence electrons. The maximum absolute atomic E-state index is 4.99. The van der Waals surface area contributed by atoms with E-state index in [2.05, 4.69) is 54.4 Å². The van der Waals surface area contributed by atoms with E-state index in [4.69, 9.17) is 4.98 Å². The van der Waals surface area contributed by atoms with Gasteiger partial charge in [-0.2, -0.15) is 0 Å². The summed E-state index contributed by atoms with van der Waals surface area (Å²) in [6, 6.07) is 11.3. The van der Waals surface area contributed by atoms with E-state index in [0.29, 0.717) is 6.04 Å². The van der Waals surface area contributed by atoms with E-state index < -0.39 is 0 Å². The fourth-order valence-corrected chi connectivity index (χ4v) is 3.35. The maximum Gasteiger partial charge on any atom is 0.134 e. The van der Waals surface area contributed by atoms with Gasteiger partial charge in [0.25, 0.3) is 0 Å². The summed E-state index contributed by atoms with van der Waals surface area (Å²) in [5.74, 6) is 1.90. The van der Waals surface area contributed by atoms with Gasteiger partial charge in [-0.3, -0.25) is 0 Å². The summed E-state index contributed by atoms with van der Waals surface area (Å²) in [5.41, 5.74) is 2.40. The van der Waals surface area contributed by atoms with Gasteiger partial charge in [0, 0.05) is 30.1 Å². The predicted octanol–water partition coefficient (Wildman–Crippen LogP) is 3.58. The minimum atomic E-state index is 0.558. The molecule has 1 aromatic carbocycles. The lowest BCUT2D eigenvalue weighted by molar-refractivity contribution is 0.361. The molecule has 1 aliphatic heterocycles. The van der Waals surface area contributed by atoms with E-state index in [9.17, 15) is 0 Å². The Kier molecular flexibility index (Phi) is 4.11. The SMILES string of the molecule is CNCc1cc2ccccc2nc1N1CCCC(C)C1C. The first-order valence-electron chi connectivity index (χ1n) is 8.00. The van der Waals surface area contributed by atoms with Crippen molar-refractivity contribution in [1.82, 2.24) is 10.3 Å². The van der Waals surface area contributed by atoms with Gasteiger partial charge in [0.1, 0.15) is 5.82 Å². The van der Waals surface area contributed by atoms with E-state index in [1.54, 1.807) is 0 Å². The summed E-state index contributed by atoms with van der Waals surface area (Å²) in [6.07, 6.45) is 2.59. The van der Waals surface area contributed by atoms with Crippen LogP contribution in [0.2, 0.25) is 0 Å². The molecule has 1 saturated heterocycles. The lowest BCUT2D eigenvalue weighted by Crippen LogP contribution is -2.43. The second-order valence-corrected chi connectivity index (χ2v) is 6.25. The summed E-state index contributed by atoms with van der Waals surface area (Å²) < 4.78 is 0. The van der Waals surface area contributed by atoms with E-state index in [1.807, 2.05) is 7.05 Å². The van der Waals surface area contributed by atoms with Gasteiger partial charge in [-0.25, -0.2) is 4.98 Å². The average molecular weight is 283 g/mol. The second-order valence-electron chi connectivity index (χ2n) is 6.25. The van der Waals surface area contributed by atoms with Crippen molar-refractivity contribution in [2.75, 3.05) is 18.5 Å². The fourth-order valence-electron chi connectivity index (χ4n) is 3.35. The quantitative estimate of drug-likeness (QED) is 0.933. The Morgan fingerprint density at radius 3 is 2.90 bits per heavy atom. The highest BCUT2D eigenvalue weighted by Gasteiger charge is 2.27. The number of nitrogens with zero attached hydrogens (tertiary/aromatic N) is 2. The lowest BCUT2D eigenvalue weighted by Gasteiger charge is -2.39. The zero-order valence-electron chi connectivity index (χ0n) is 13.3. The average Bonchev–Trinajstić information content (AvgIpc) is 2.50. The largest absolute Gasteiger partial charge is 0.353 e. The van der Waals surface area contributed by atoms with E-state index in [-0.39, 0.29) is 0 Å². The minimum absolute atomic E-state index is 0.558. The minimum Gasteiger partial charge on any atom is -0.353 e. The molecule has 1 N–H and O–H groups in total. The van der Waals surface area contributed by atoms with Gasteiger partial charge >= 0.3 is 0 Å². The van der Waals surface area contributed by atoms with Crippen molar-refractivity contribution in [2.45, 2.75) is 39.3 Å². The van der Waals surface area contributed by atoms with Crippen LogP contribution in [0.5, 0.6) is 0 Å². The Labute approximate surface area is 127 Å². The summed E-state index contributed by atoms with van der Waals surface area (Å²) in [4.78, 5) is 7.50. The first-order chi connectivity index (χ1) is 10.2. The Balaban J connectivity index is 2.08. The molecule has 3 rings (SSSR count). The molecule has 3 heteroatoms. The molecule has 21 heavy (non-hydrogen) atoms. The van der Waals surface area contributed by atoms with Crippen LogP contribution in [-0.2, 0) is 6.54 Å². The van der Waals surface area contributed by atoms with Gasteiger partial charge in [0.2, 0.25) is 0 Å². The Morgan fingerprint density at radius 2 is 2.10 bits per heavy atom. The van der Waals surface area contributed by atoms with Crippen molar-refractivity contribution < 1.29 is 0 Å². The highest BCUT2D eigenvalue weighted by molar-refractivity contribution is 5.82. The van der Waals surface area contributed by atoms with E-state index in [1.165, 1.54) is 29.6 Å². The summed E-state index contributed by atoms with van der Waals surface area (Å²) in [7, 11) is 2.00. The molecule has 2 atom stereocenters. The van der Waals surface area contributed by atoms with Crippen LogP contribution in [0.1, 0.15) is 32.3 Å². The topological polar surface area (TPSA) is 28.2 Å². The standard InChI is InChI=1S/C18H25N3/c1-13-7-6-10-21(14(13)2)18-16(12-19-3)11-15-8-4-5-9-17(15)20-18/h4-5,8-9,11,13-14,19H,6-7,10,12H2,1-3H3. The van der Waals surface area contributed by atoms with Crippen LogP contribution < -0.4 is 10.2 Å². The number of aromatic nitrogens is 1. The monoisotopic (exact) mass is 283 g/mol. The molecular weight excluding hydrogens is 258 g/mol. The molecule has 1 fully saturated rings. The number of rotatable bonds is 3. The van der Waals surface area contributed by atoms with E-state index in [0.717, 1.165) is 24.5 Å². The molecule has 2 aromatic rings. The molecule has 1 aromatic heterocycles. The molecule has 0 aliphatic carbocycles. The Bertz CT molecular complexity index is 623. The third kappa shape index (κ3) is 2.75. The number of nitrogens with one attached hydrogen (secondary N) is 1. The third-order valence-electron chi connectivity index (χ3n) is 4.79. The fraction of sp³-hybridized carbons (Fsp3) is 0.500. The van der Waals surface area contributed by atoms with Crippen LogP contribution in [0.25, 0.3) is 10.9 Å². The predicted molar refractivity (Wildman–Crippen MR) is 89.7 cm³/mol. The van der Waals surface area contributed by atoms with Gasteiger partial charge in [-0.05, 0) is 44.9 Å². The molecule has 0 amide bonds. The summed E-state index contributed by atoms with van der Waals surface area (Å²) in [5, 5.41) is 4.51. The van der Waals surface area contributed by atoms with Gasteiger partial charge in [0.05, 0.1) is 5.52 Å². The molecule has 2 heterocycles. The highest BCUT2D eigenvalue weighted by Crippen LogP contribution is 2.31. The van der Waals surface area contributed by atoms with Gasteiger partial charge in [-0.1, -0.05) is 25.1 Å². The van der Waals surface area contributed by atoms with Gasteiger partial charge < -0.3 is 10.2 Å². The maximum atomic E-state index is 4.99. The van der Waals surface area contributed by atoms with Crippen molar-refractivity contribution >= 4 is 16.7 Å². The lowest BCUT2D eigenvalue weighted by atomic mass is 9.91. The summed E-state index contributed by atoms with van der Waals surface area (Å²) in [6.45, 7) is 6.68. The molecule has 3 nitrogen and oxygen atoms in total. The molecule has 2 unspecified atom stereocenters. The molecule has 0 radical (unpaired) electrons. The number of fused-ring (bicyclic) bond motifs is 1. The molecule has 1 aliphatic rings. The first-order valence-corrected chi connectivity index (χ1v) is 8.00. The number of para-hydroxylation sites is 1. The zero-order chi connectivity index (χ0) is 14.8. The van der Waals surface area contributed by atoms with Crippen molar-refractivity contribution in [3.8, 4) is 0 Å². The molecular formula is C18H25N3. The van der Waals surface area contributed by atoms with Crippen LogP contribution in [0.4, 0.5) is 5.82 Å². The molecule has 0 spiro atoms. The van der Waals surface area contributed by atoms with Crippen LogP contribution in [0.15, 0.2) is 30.3 Å². The van der Waals surface area contributed by atoms with Crippen molar-refractivity contribution in [2.24, 2.45) is 5.92 Å². The number of hydrogen-bond acceptors (Lipinski definition) is 3. The smallest absolute Gasteiger partial charge is 0.134 e. The van der Waals surface area contributed by atoms with Crippen LogP contribution >= 0.6 is 0 Å². The van der Waals surface area contributed by atoms with Crippen LogP contribution in [0.3, 0.4) is 0 Å². The van der Waals surface area contributed by atoms with Gasteiger partial charge in [0.15, 0.2) is 0 Å². The number of hydrogen-bond donors (Lipinski definition) is 1. The Morgan fingerprint density at radius 1 is 1.29 bits per heavy atom. The summed E-state index contributed by atoms with van der Waals surface area (Å²) >= 11 is 0. The van der Waals surface area contributed by atoms with Gasteiger partial charge in [-0.15, -0.1) is 0 Å². The normalized spacial score (nSPS) is 22.7. The van der Waals surface area contributed by atoms with Crippen molar-refractivity contribution in [3.63, 3.8) is 0 Å². The van der Waals surface area contributed by atoms with Crippen LogP contribution in [-0.4, -0.2) is 24.6 Å². The van der Waals surface area contributed by atoms with Crippen molar-refractivity contribution in [3.05, 3.63) is 35.9 Å². The van der Waals surface area contributed by atoms with Crippen LogP contribution in [0, 0.1) is 5.92 Å². The number of benzene rings is 1. The third-order valence-corrected chi connectivity index (χ3v) is 4.79. The first kappa shape index (κ1) is 14.3. The van der Waals surface area contributed by atoms with Crippen molar-refractivity contribution in [1.29, 1.82) is 0 Å². The second kappa shape index (κ2) is 6.02. The zero-order valence-corrected chi connectivity index (χ0v) is 13.3. The highest BCUT2D eigenvalue weighted by atomic mass is 15.2. The van der Waals surface area contributed by atoms with E-state index >= 15 is 0 Å². The Hall–Kier alpha value is -1.61.